The molecule has 21 heavy (non-hydrogen) atoms. The fourth-order valence-corrected chi connectivity index (χ4v) is 3.03. The van der Waals surface area contributed by atoms with Crippen LogP contribution in [0, 0.1) is 16.0 Å². The summed E-state index contributed by atoms with van der Waals surface area (Å²) in [5.41, 5.74) is 1.08. The van der Waals surface area contributed by atoms with Crippen molar-refractivity contribution in [2.24, 2.45) is 5.92 Å². The molecule has 1 N–H and O–H groups in total. The molecular formula is C16H23N3O2. The van der Waals surface area contributed by atoms with E-state index in [0.717, 1.165) is 37.2 Å². The topological polar surface area (TPSA) is 58.4 Å². The van der Waals surface area contributed by atoms with E-state index in [9.17, 15) is 10.1 Å². The van der Waals surface area contributed by atoms with Gasteiger partial charge in [0, 0.05) is 24.2 Å². The minimum atomic E-state index is -0.276. The van der Waals surface area contributed by atoms with E-state index in [2.05, 4.69) is 10.2 Å². The van der Waals surface area contributed by atoms with E-state index in [1.54, 1.807) is 12.1 Å². The average Bonchev–Trinajstić information content (AvgIpc) is 3.31. The summed E-state index contributed by atoms with van der Waals surface area (Å²) in [6.07, 6.45) is 5.08. The Hall–Kier alpha value is -1.46. The van der Waals surface area contributed by atoms with Crippen molar-refractivity contribution in [1.82, 2.24) is 10.2 Å². The molecule has 0 aromatic heterocycles. The number of rotatable bonds is 6. The third-order valence-electron chi connectivity index (χ3n) is 4.56. The number of nitrogens with one attached hydrogen (secondary N) is 1. The fourth-order valence-electron chi connectivity index (χ4n) is 3.03. The van der Waals surface area contributed by atoms with Gasteiger partial charge in [0.05, 0.1) is 4.92 Å². The van der Waals surface area contributed by atoms with E-state index in [1.165, 1.54) is 25.7 Å². The van der Waals surface area contributed by atoms with Crippen LogP contribution in [-0.2, 0) is 6.54 Å². The lowest BCUT2D eigenvalue weighted by Crippen LogP contribution is -2.37. The first-order chi connectivity index (χ1) is 10.2. The van der Waals surface area contributed by atoms with Crippen molar-refractivity contribution in [3.8, 4) is 0 Å². The Morgan fingerprint density at radius 1 is 1.19 bits per heavy atom. The molecule has 1 aromatic rings. The minimum absolute atomic E-state index is 0.245. The molecule has 5 nitrogen and oxygen atoms in total. The molecule has 2 fully saturated rings. The zero-order chi connectivity index (χ0) is 14.7. The van der Waals surface area contributed by atoms with Crippen LogP contribution < -0.4 is 5.32 Å². The van der Waals surface area contributed by atoms with Gasteiger partial charge in [0.15, 0.2) is 0 Å². The third kappa shape index (κ3) is 4.02. The van der Waals surface area contributed by atoms with Crippen LogP contribution in [-0.4, -0.2) is 35.5 Å². The van der Waals surface area contributed by atoms with Gasteiger partial charge in [-0.2, -0.15) is 0 Å². The van der Waals surface area contributed by atoms with Crippen molar-refractivity contribution in [1.29, 1.82) is 0 Å². The largest absolute Gasteiger partial charge is 0.314 e. The van der Waals surface area contributed by atoms with Gasteiger partial charge in [0.2, 0.25) is 0 Å². The summed E-state index contributed by atoms with van der Waals surface area (Å²) in [6.45, 7) is 3.93. The zero-order valence-electron chi connectivity index (χ0n) is 12.3. The van der Waals surface area contributed by atoms with E-state index in [4.69, 9.17) is 0 Å². The van der Waals surface area contributed by atoms with Gasteiger partial charge in [-0.25, -0.2) is 0 Å². The number of nitro benzene ring substituents is 1. The Kier molecular flexibility index (Phi) is 4.51. The summed E-state index contributed by atoms with van der Waals surface area (Å²) in [5.74, 6) is 0.771. The predicted molar refractivity (Wildman–Crippen MR) is 82.1 cm³/mol. The van der Waals surface area contributed by atoms with E-state index in [0.29, 0.717) is 6.54 Å². The Bertz CT molecular complexity index is 494. The van der Waals surface area contributed by atoms with E-state index < -0.39 is 0 Å². The highest BCUT2D eigenvalue weighted by Gasteiger charge is 2.25. The fraction of sp³-hybridized carbons (Fsp3) is 0.625. The lowest BCUT2D eigenvalue weighted by molar-refractivity contribution is -0.385. The third-order valence-corrected chi connectivity index (χ3v) is 4.56. The zero-order valence-corrected chi connectivity index (χ0v) is 12.3. The molecule has 1 aliphatic carbocycles. The maximum atomic E-state index is 11.0. The Labute approximate surface area is 125 Å². The van der Waals surface area contributed by atoms with Crippen molar-refractivity contribution < 1.29 is 4.92 Å². The van der Waals surface area contributed by atoms with Gasteiger partial charge in [-0.05, 0) is 51.2 Å². The lowest BCUT2D eigenvalue weighted by atomic mass is 9.96. The lowest BCUT2D eigenvalue weighted by Gasteiger charge is -2.32. The summed E-state index contributed by atoms with van der Waals surface area (Å²) in [4.78, 5) is 13.1. The van der Waals surface area contributed by atoms with Crippen LogP contribution in [0.3, 0.4) is 0 Å². The molecular weight excluding hydrogens is 266 g/mol. The number of nitrogens with zero attached hydrogens (tertiary/aromatic N) is 2. The molecule has 1 aromatic carbocycles. The first-order valence-corrected chi connectivity index (χ1v) is 7.90. The van der Waals surface area contributed by atoms with E-state index in [1.807, 2.05) is 12.1 Å². The second-order valence-corrected chi connectivity index (χ2v) is 6.29. The molecule has 0 spiro atoms. The predicted octanol–water partition coefficient (Wildman–Crippen LogP) is 2.56. The number of likely N-dealkylation sites (tertiary alicyclic amines) is 1. The van der Waals surface area contributed by atoms with Crippen molar-refractivity contribution in [2.75, 3.05) is 19.6 Å². The Morgan fingerprint density at radius 3 is 2.57 bits per heavy atom. The summed E-state index contributed by atoms with van der Waals surface area (Å²) in [5, 5.41) is 14.7. The van der Waals surface area contributed by atoms with Crippen LogP contribution in [0.1, 0.15) is 31.2 Å². The van der Waals surface area contributed by atoms with E-state index >= 15 is 0 Å². The SMILES string of the molecule is O=[N+]([O-])c1ccccc1CN1CCC(CNC2CC2)CC1. The maximum absolute atomic E-state index is 11.0. The van der Waals surface area contributed by atoms with Crippen LogP contribution in [0.15, 0.2) is 24.3 Å². The van der Waals surface area contributed by atoms with Gasteiger partial charge in [-0.1, -0.05) is 18.2 Å². The molecule has 1 saturated carbocycles. The van der Waals surface area contributed by atoms with Crippen LogP contribution in [0.5, 0.6) is 0 Å². The highest BCUT2D eigenvalue weighted by Crippen LogP contribution is 2.24. The second kappa shape index (κ2) is 6.54. The molecule has 1 heterocycles. The second-order valence-electron chi connectivity index (χ2n) is 6.29. The van der Waals surface area contributed by atoms with Gasteiger partial charge >= 0.3 is 0 Å². The normalized spacial score (nSPS) is 20.6. The van der Waals surface area contributed by atoms with E-state index in [-0.39, 0.29) is 10.6 Å². The van der Waals surface area contributed by atoms with Gasteiger partial charge < -0.3 is 5.32 Å². The molecule has 0 amide bonds. The maximum Gasteiger partial charge on any atom is 0.273 e. The Morgan fingerprint density at radius 2 is 1.90 bits per heavy atom. The summed E-state index contributed by atoms with van der Waals surface area (Å²) in [6, 6.07) is 7.88. The van der Waals surface area contributed by atoms with Gasteiger partial charge in [0.1, 0.15) is 0 Å². The first kappa shape index (κ1) is 14.5. The van der Waals surface area contributed by atoms with Gasteiger partial charge in [0.25, 0.3) is 5.69 Å². The average molecular weight is 289 g/mol. The molecule has 0 unspecified atom stereocenters. The van der Waals surface area contributed by atoms with Crippen LogP contribution >= 0.6 is 0 Å². The first-order valence-electron chi connectivity index (χ1n) is 7.90. The molecule has 0 radical (unpaired) electrons. The molecule has 5 heteroatoms. The quantitative estimate of drug-likeness (QED) is 0.646. The van der Waals surface area contributed by atoms with Gasteiger partial charge in [-0.15, -0.1) is 0 Å². The molecule has 1 aliphatic heterocycles. The molecule has 114 valence electrons. The summed E-state index contributed by atoms with van der Waals surface area (Å²) >= 11 is 0. The number of piperidine rings is 1. The Balaban J connectivity index is 1.49. The van der Waals surface area contributed by atoms with Crippen LogP contribution in [0.4, 0.5) is 5.69 Å². The number of benzene rings is 1. The highest BCUT2D eigenvalue weighted by molar-refractivity contribution is 5.39. The van der Waals surface area contributed by atoms with Crippen molar-refractivity contribution in [3.05, 3.63) is 39.9 Å². The van der Waals surface area contributed by atoms with Gasteiger partial charge in [-0.3, -0.25) is 15.0 Å². The smallest absolute Gasteiger partial charge is 0.273 e. The standard InChI is InChI=1S/C16H23N3O2/c20-19(21)16-4-2-1-3-14(16)12-18-9-7-13(8-10-18)11-17-15-5-6-15/h1-4,13,15,17H,5-12H2. The molecule has 2 aliphatic rings. The molecule has 0 atom stereocenters. The van der Waals surface area contributed by atoms with Crippen LogP contribution in [0.2, 0.25) is 0 Å². The minimum Gasteiger partial charge on any atom is -0.314 e. The highest BCUT2D eigenvalue weighted by atomic mass is 16.6. The molecule has 3 rings (SSSR count). The number of hydrogen-bond donors (Lipinski definition) is 1. The van der Waals surface area contributed by atoms with Crippen molar-refractivity contribution in [2.45, 2.75) is 38.3 Å². The van der Waals surface area contributed by atoms with Crippen LogP contribution in [0.25, 0.3) is 0 Å². The number of para-hydroxylation sites is 1. The number of hydrogen-bond acceptors (Lipinski definition) is 4. The summed E-state index contributed by atoms with van der Waals surface area (Å²) in [7, 11) is 0. The number of nitro groups is 1. The molecule has 1 saturated heterocycles. The molecule has 0 bridgehead atoms. The monoisotopic (exact) mass is 289 g/mol. The van der Waals surface area contributed by atoms with Crippen molar-refractivity contribution in [3.63, 3.8) is 0 Å². The van der Waals surface area contributed by atoms with Crippen molar-refractivity contribution >= 4 is 5.69 Å². The summed E-state index contributed by atoms with van der Waals surface area (Å²) < 4.78 is 0.